The number of Topliss-reactive ketones (excluding diaryl/α,β-unsaturated/α-hetero) is 1. The van der Waals surface area contributed by atoms with E-state index in [2.05, 4.69) is 21.3 Å². The first kappa shape index (κ1) is 29.3. The van der Waals surface area contributed by atoms with Gasteiger partial charge in [0.2, 0.25) is 23.6 Å². The number of nitrogens with one attached hydrogen (secondary N) is 4. The molecule has 0 radical (unpaired) electrons. The van der Waals surface area contributed by atoms with Crippen LogP contribution < -0.4 is 21.3 Å². The standard InChI is InChI=1S/C40H57N5O7/c1-27(2)22-32(36(47)40(5)26-52-40)42-39(50)34(24-30-14-10-7-11-15-30)44-38(49)33(23-28(3)4)43-37(48)31(17-16-29-12-8-6-9-13-29)41-35(46)25-45-18-20-51-21-19-45/h6-15,27-28,31-34H,16-26H2,1-5H3,(H,41,46)(H,42,50)(H,43,48)(H,44,49)/t31-,32-,33-,34-,40+/m0/s1/i3D3,4D3,26D2,28D. The van der Waals surface area contributed by atoms with Crippen molar-refractivity contribution in [2.24, 2.45) is 11.8 Å². The number of benzene rings is 2. The second kappa shape index (κ2) is 19.6. The van der Waals surface area contributed by atoms with Gasteiger partial charge >= 0.3 is 0 Å². The van der Waals surface area contributed by atoms with Gasteiger partial charge in [-0.2, -0.15) is 0 Å². The Bertz CT molecular complexity index is 1820. The molecule has 2 fully saturated rings. The number of nitrogens with zero attached hydrogens (tertiary/aromatic N) is 1. The first-order chi connectivity index (χ1) is 28.4. The van der Waals surface area contributed by atoms with Crippen molar-refractivity contribution in [1.82, 2.24) is 26.2 Å². The molecule has 2 aliphatic heterocycles. The normalized spacial score (nSPS) is 23.8. The molecule has 0 spiro atoms. The quantitative estimate of drug-likeness (QED) is 0.152. The molecule has 2 aromatic carbocycles. The summed E-state index contributed by atoms with van der Waals surface area (Å²) >= 11 is 0. The van der Waals surface area contributed by atoms with Gasteiger partial charge in [-0.3, -0.25) is 28.9 Å². The largest absolute Gasteiger partial charge is 0.379 e. The molecule has 2 aromatic rings. The maximum Gasteiger partial charge on any atom is 0.243 e. The van der Waals surface area contributed by atoms with Gasteiger partial charge in [0.25, 0.3) is 0 Å². The minimum atomic E-state index is -3.50. The highest BCUT2D eigenvalue weighted by Gasteiger charge is 2.50. The van der Waals surface area contributed by atoms with Gasteiger partial charge in [-0.05, 0) is 55.5 Å². The van der Waals surface area contributed by atoms with Crippen LogP contribution in [0.25, 0.3) is 0 Å². The van der Waals surface area contributed by atoms with Crippen molar-refractivity contribution < 1.29 is 45.8 Å². The zero-order valence-electron chi connectivity index (χ0n) is 39.0. The van der Waals surface area contributed by atoms with E-state index >= 15 is 0 Å². The number of hydrogen-bond donors (Lipinski definition) is 4. The predicted octanol–water partition coefficient (Wildman–Crippen LogP) is 2.58. The Balaban J connectivity index is 1.69. The number of aryl methyl sites for hydroxylation is 1. The molecule has 12 heteroatoms. The van der Waals surface area contributed by atoms with Gasteiger partial charge < -0.3 is 30.7 Å². The number of epoxide rings is 1. The summed E-state index contributed by atoms with van der Waals surface area (Å²) in [5, 5.41) is 10.3. The first-order valence-corrected chi connectivity index (χ1v) is 17.7. The summed E-state index contributed by atoms with van der Waals surface area (Å²) in [7, 11) is 0. The Morgan fingerprint density at radius 2 is 1.37 bits per heavy atom. The fraction of sp³-hybridized carbons (Fsp3) is 0.575. The Hall–Kier alpha value is -4.13. The van der Waals surface area contributed by atoms with Crippen LogP contribution in [-0.4, -0.2) is 103 Å². The molecule has 0 aliphatic carbocycles. The van der Waals surface area contributed by atoms with E-state index in [4.69, 9.17) is 21.8 Å². The summed E-state index contributed by atoms with van der Waals surface area (Å²) in [4.78, 5) is 71.6. The van der Waals surface area contributed by atoms with E-state index in [9.17, 15) is 24.0 Å². The Kier molecular flexibility index (Phi) is 11.1. The number of carbonyl (C=O) groups excluding carboxylic acids is 5. The summed E-state index contributed by atoms with van der Waals surface area (Å²) in [5.74, 6) is -7.82. The number of hydrogen-bond acceptors (Lipinski definition) is 8. The second-order valence-electron chi connectivity index (χ2n) is 13.8. The lowest BCUT2D eigenvalue weighted by Crippen LogP contribution is -2.59. The van der Waals surface area contributed by atoms with Crippen LogP contribution in [0.15, 0.2) is 60.7 Å². The predicted molar refractivity (Wildman–Crippen MR) is 198 cm³/mol. The third-order valence-corrected chi connectivity index (χ3v) is 8.86. The molecule has 52 heavy (non-hydrogen) atoms. The monoisotopic (exact) mass is 728 g/mol. The number of ether oxygens (including phenoxy) is 2. The van der Waals surface area contributed by atoms with Gasteiger partial charge in [-0.25, -0.2) is 0 Å². The number of carbonyl (C=O) groups is 5. The summed E-state index contributed by atoms with van der Waals surface area (Å²) in [5.41, 5.74) is -0.494. The third-order valence-electron chi connectivity index (χ3n) is 8.86. The highest BCUT2D eigenvalue weighted by molar-refractivity contribution is 5.98. The van der Waals surface area contributed by atoms with Crippen LogP contribution >= 0.6 is 0 Å². The van der Waals surface area contributed by atoms with Crippen LogP contribution in [0, 0.1) is 11.8 Å². The van der Waals surface area contributed by atoms with Crippen LogP contribution in [0.3, 0.4) is 0 Å². The van der Waals surface area contributed by atoms with Crippen LogP contribution in [0.5, 0.6) is 0 Å². The van der Waals surface area contributed by atoms with Gasteiger partial charge in [0.05, 0.1) is 35.1 Å². The Morgan fingerprint density at radius 1 is 0.808 bits per heavy atom. The topological polar surface area (TPSA) is 158 Å². The molecule has 0 unspecified atom stereocenters. The molecule has 4 rings (SSSR count). The van der Waals surface area contributed by atoms with E-state index in [-0.39, 0.29) is 38.1 Å². The fourth-order valence-corrected chi connectivity index (χ4v) is 5.93. The van der Waals surface area contributed by atoms with E-state index in [1.54, 1.807) is 62.4 Å². The van der Waals surface area contributed by atoms with E-state index in [0.717, 1.165) is 5.56 Å². The van der Waals surface area contributed by atoms with Crippen LogP contribution in [-0.2, 0) is 46.3 Å². The number of rotatable bonds is 20. The zero-order chi connectivity index (χ0) is 45.4. The van der Waals surface area contributed by atoms with E-state index in [1.807, 2.05) is 17.0 Å². The molecule has 0 saturated carbocycles. The highest BCUT2D eigenvalue weighted by atomic mass is 16.6. The molecule has 0 bridgehead atoms. The lowest BCUT2D eigenvalue weighted by atomic mass is 9.93. The zero-order valence-corrected chi connectivity index (χ0v) is 30.0. The fourth-order valence-electron chi connectivity index (χ4n) is 5.93. The minimum absolute atomic E-state index is 0.00840. The molecule has 5 atom stereocenters. The van der Waals surface area contributed by atoms with Gasteiger partial charge in [0.1, 0.15) is 23.7 Å². The molecule has 4 N–H and O–H groups in total. The van der Waals surface area contributed by atoms with Crippen LogP contribution in [0.1, 0.15) is 77.2 Å². The lowest BCUT2D eigenvalue weighted by molar-refractivity contribution is -0.135. The van der Waals surface area contributed by atoms with E-state index < -0.39 is 91.8 Å². The van der Waals surface area contributed by atoms with E-state index in [0.29, 0.717) is 31.9 Å². The first-order valence-electron chi connectivity index (χ1n) is 22.2. The average Bonchev–Trinajstić information content (AvgIpc) is 3.72. The highest BCUT2D eigenvalue weighted by Crippen LogP contribution is 2.29. The number of ketones is 1. The average molecular weight is 729 g/mol. The van der Waals surface area contributed by atoms with Gasteiger partial charge in [0.15, 0.2) is 5.78 Å². The van der Waals surface area contributed by atoms with Crippen molar-refractivity contribution in [3.8, 4) is 0 Å². The maximum absolute atomic E-state index is 14.5. The maximum atomic E-state index is 14.5. The number of amides is 4. The molecule has 0 aromatic heterocycles. The van der Waals surface area contributed by atoms with Crippen LogP contribution in [0.4, 0.5) is 0 Å². The van der Waals surface area contributed by atoms with Crippen molar-refractivity contribution >= 4 is 29.4 Å². The molecule has 2 saturated heterocycles. The molecule has 2 aliphatic rings. The SMILES string of the molecule is [2H]C([2H])([2H])C([2H])(C[C@H](NC(=O)[C@H](CCc1ccccc1)NC(=O)CN1CCOCC1)C(=O)N[C@@H](Cc1ccccc1)C(=O)N[C@@H](CC(C)C)C(=O)[C@]1(C)OC1([2H])[2H])C([2H])([2H])[2H]. The second-order valence-corrected chi connectivity index (χ2v) is 13.8. The molecule has 12 nitrogen and oxygen atoms in total. The molecule has 284 valence electrons. The van der Waals surface area contributed by atoms with E-state index in [1.165, 1.54) is 6.92 Å². The van der Waals surface area contributed by atoms with Crippen molar-refractivity contribution in [2.45, 2.75) is 96.3 Å². The Morgan fingerprint density at radius 3 is 1.96 bits per heavy atom. The molecular weight excluding hydrogens is 662 g/mol. The smallest absolute Gasteiger partial charge is 0.243 e. The Labute approximate surface area is 320 Å². The van der Waals surface area contributed by atoms with Crippen molar-refractivity contribution in [2.75, 3.05) is 39.4 Å². The van der Waals surface area contributed by atoms with Crippen molar-refractivity contribution in [3.63, 3.8) is 0 Å². The molecule has 2 heterocycles. The molecule has 4 amide bonds. The van der Waals surface area contributed by atoms with Gasteiger partial charge in [-0.1, -0.05) is 88.2 Å². The third kappa shape index (κ3) is 13.1. The minimum Gasteiger partial charge on any atom is -0.379 e. The van der Waals surface area contributed by atoms with Crippen molar-refractivity contribution in [3.05, 3.63) is 71.8 Å². The molecular formula is C40H57N5O7. The van der Waals surface area contributed by atoms with Crippen LogP contribution in [0.2, 0.25) is 0 Å². The summed E-state index contributed by atoms with van der Waals surface area (Å²) < 4.78 is 83.6. The number of morpholine rings is 1. The summed E-state index contributed by atoms with van der Waals surface area (Å²) in [6.45, 7) is -2.76. The van der Waals surface area contributed by atoms with Gasteiger partial charge in [-0.15, -0.1) is 0 Å². The van der Waals surface area contributed by atoms with Gasteiger partial charge in [0, 0.05) is 29.1 Å². The van der Waals surface area contributed by atoms with Crippen molar-refractivity contribution in [1.29, 1.82) is 0 Å². The lowest BCUT2D eigenvalue weighted by Gasteiger charge is -2.29. The summed E-state index contributed by atoms with van der Waals surface area (Å²) in [6, 6.07) is 11.2. The summed E-state index contributed by atoms with van der Waals surface area (Å²) in [6.07, 6.45) is -1.09.